The van der Waals surface area contributed by atoms with Crippen LogP contribution in [0.4, 0.5) is 8.78 Å². The van der Waals surface area contributed by atoms with Crippen molar-refractivity contribution in [2.75, 3.05) is 6.54 Å². The predicted molar refractivity (Wildman–Crippen MR) is 64.1 cm³/mol. The van der Waals surface area contributed by atoms with Crippen molar-refractivity contribution in [3.8, 4) is 5.75 Å². The molecule has 0 aliphatic carbocycles. The molecule has 0 bridgehead atoms. The molecular formula is C13H15F2NO3. The van der Waals surface area contributed by atoms with E-state index in [9.17, 15) is 13.6 Å². The summed E-state index contributed by atoms with van der Waals surface area (Å²) in [5, 5.41) is 9.08. The summed E-state index contributed by atoms with van der Waals surface area (Å²) in [6.07, 6.45) is 1.39. The monoisotopic (exact) mass is 271 g/mol. The minimum atomic E-state index is -2.88. The Morgan fingerprint density at radius 1 is 1.47 bits per heavy atom. The van der Waals surface area contributed by atoms with Crippen LogP contribution in [-0.4, -0.2) is 35.2 Å². The van der Waals surface area contributed by atoms with Gasteiger partial charge in [0.15, 0.2) is 0 Å². The lowest BCUT2D eigenvalue weighted by Crippen LogP contribution is -2.35. The van der Waals surface area contributed by atoms with Gasteiger partial charge in [-0.25, -0.2) is 0 Å². The molecule has 19 heavy (non-hydrogen) atoms. The van der Waals surface area contributed by atoms with Crippen LogP contribution >= 0.6 is 0 Å². The molecule has 0 amide bonds. The fourth-order valence-electron chi connectivity index (χ4n) is 2.36. The number of ether oxygens (including phenoxy) is 1. The molecule has 4 nitrogen and oxygen atoms in total. The number of nitrogens with zero attached hydrogens (tertiary/aromatic N) is 1. The van der Waals surface area contributed by atoms with Crippen molar-refractivity contribution in [3.05, 3.63) is 29.8 Å². The number of carbonyl (C=O) groups is 1. The van der Waals surface area contributed by atoms with E-state index in [0.717, 1.165) is 6.42 Å². The molecule has 1 N–H and O–H groups in total. The van der Waals surface area contributed by atoms with Gasteiger partial charge in [-0.2, -0.15) is 8.78 Å². The second kappa shape index (κ2) is 5.97. The molecule has 1 heterocycles. The van der Waals surface area contributed by atoms with Gasteiger partial charge in [-0.3, -0.25) is 9.69 Å². The predicted octanol–water partition coefficient (Wildman–Crippen LogP) is 2.34. The van der Waals surface area contributed by atoms with Gasteiger partial charge in [0, 0.05) is 12.1 Å². The van der Waals surface area contributed by atoms with Gasteiger partial charge >= 0.3 is 12.6 Å². The summed E-state index contributed by atoms with van der Waals surface area (Å²) in [4.78, 5) is 12.8. The van der Waals surface area contributed by atoms with Crippen molar-refractivity contribution in [3.63, 3.8) is 0 Å². The molecule has 0 radical (unpaired) electrons. The third kappa shape index (κ3) is 3.41. The van der Waals surface area contributed by atoms with Crippen molar-refractivity contribution in [2.24, 2.45) is 0 Å². The highest BCUT2D eigenvalue weighted by Crippen LogP contribution is 2.26. The van der Waals surface area contributed by atoms with Gasteiger partial charge < -0.3 is 9.84 Å². The highest BCUT2D eigenvalue weighted by atomic mass is 19.3. The molecule has 0 saturated carbocycles. The molecular weight excluding hydrogens is 256 g/mol. The molecule has 0 spiro atoms. The number of hydrogen-bond acceptors (Lipinski definition) is 3. The number of aliphatic carboxylic acids is 1. The zero-order valence-corrected chi connectivity index (χ0v) is 10.3. The van der Waals surface area contributed by atoms with Gasteiger partial charge in [-0.05, 0) is 25.5 Å². The number of benzene rings is 1. The molecule has 1 aromatic carbocycles. The number of alkyl halides is 2. The molecule has 104 valence electrons. The Morgan fingerprint density at radius 3 is 2.89 bits per heavy atom. The summed E-state index contributed by atoms with van der Waals surface area (Å²) in [5.74, 6) is -0.765. The smallest absolute Gasteiger partial charge is 0.387 e. The van der Waals surface area contributed by atoms with E-state index < -0.39 is 18.6 Å². The maximum absolute atomic E-state index is 12.3. The fourth-order valence-corrected chi connectivity index (χ4v) is 2.36. The van der Waals surface area contributed by atoms with Crippen LogP contribution in [0, 0.1) is 0 Å². The van der Waals surface area contributed by atoms with E-state index in [4.69, 9.17) is 5.11 Å². The van der Waals surface area contributed by atoms with Crippen molar-refractivity contribution >= 4 is 5.97 Å². The minimum Gasteiger partial charge on any atom is -0.480 e. The molecule has 1 aliphatic rings. The highest BCUT2D eigenvalue weighted by Gasteiger charge is 2.30. The van der Waals surface area contributed by atoms with Crippen LogP contribution in [0.1, 0.15) is 18.4 Å². The molecule has 1 aromatic rings. The van der Waals surface area contributed by atoms with Gasteiger partial charge in [-0.1, -0.05) is 18.2 Å². The number of halogens is 2. The standard InChI is InChI=1S/C13H15F2NO3/c14-13(15)19-11-6-2-1-4-9(11)8-16-7-3-5-10(16)12(17)18/h1-2,4,6,10,13H,3,5,7-8H2,(H,17,18)/t10-/m0/s1. The average Bonchev–Trinajstić information content (AvgIpc) is 2.79. The summed E-state index contributed by atoms with van der Waals surface area (Å²) < 4.78 is 29.0. The number of rotatable bonds is 5. The molecule has 2 rings (SSSR count). The Balaban J connectivity index is 2.12. The Labute approximate surface area is 109 Å². The van der Waals surface area contributed by atoms with E-state index in [1.54, 1.807) is 23.1 Å². The van der Waals surface area contributed by atoms with Crippen LogP contribution in [0.5, 0.6) is 5.75 Å². The maximum atomic E-state index is 12.3. The summed E-state index contributed by atoms with van der Waals surface area (Å²) >= 11 is 0. The van der Waals surface area contributed by atoms with Gasteiger partial charge in [0.2, 0.25) is 0 Å². The maximum Gasteiger partial charge on any atom is 0.387 e. The van der Waals surface area contributed by atoms with Gasteiger partial charge in [0.25, 0.3) is 0 Å². The number of likely N-dealkylation sites (tertiary alicyclic amines) is 1. The quantitative estimate of drug-likeness (QED) is 0.893. The Hall–Kier alpha value is -1.69. The first kappa shape index (κ1) is 13.7. The van der Waals surface area contributed by atoms with E-state index in [1.165, 1.54) is 6.07 Å². The van der Waals surface area contributed by atoms with Crippen LogP contribution in [0.25, 0.3) is 0 Å². The first-order valence-corrected chi connectivity index (χ1v) is 6.07. The lowest BCUT2D eigenvalue weighted by molar-refractivity contribution is -0.142. The third-order valence-electron chi connectivity index (χ3n) is 3.21. The number of carboxylic acid groups (broad SMARTS) is 1. The molecule has 1 saturated heterocycles. The second-order valence-electron chi connectivity index (χ2n) is 4.45. The number of carboxylic acids is 1. The molecule has 0 unspecified atom stereocenters. The van der Waals surface area contributed by atoms with E-state index in [2.05, 4.69) is 4.74 Å². The SMILES string of the molecule is O=C(O)[C@@H]1CCCN1Cc1ccccc1OC(F)F. The van der Waals surface area contributed by atoms with Crippen LogP contribution in [0.3, 0.4) is 0 Å². The van der Waals surface area contributed by atoms with E-state index >= 15 is 0 Å². The lowest BCUT2D eigenvalue weighted by Gasteiger charge is -2.22. The molecule has 1 aliphatic heterocycles. The van der Waals surface area contributed by atoms with Crippen LogP contribution in [0.15, 0.2) is 24.3 Å². The Kier molecular flexibility index (Phi) is 4.31. The van der Waals surface area contributed by atoms with Crippen LogP contribution in [-0.2, 0) is 11.3 Å². The van der Waals surface area contributed by atoms with Gasteiger partial charge in [-0.15, -0.1) is 0 Å². The summed E-state index contributed by atoms with van der Waals surface area (Å²) in [6, 6.07) is 5.93. The second-order valence-corrected chi connectivity index (χ2v) is 4.45. The van der Waals surface area contributed by atoms with Gasteiger partial charge in [0.1, 0.15) is 11.8 Å². The molecule has 6 heteroatoms. The van der Waals surface area contributed by atoms with Crippen molar-refractivity contribution in [2.45, 2.75) is 32.0 Å². The van der Waals surface area contributed by atoms with E-state index in [1.807, 2.05) is 0 Å². The van der Waals surface area contributed by atoms with Crippen molar-refractivity contribution < 1.29 is 23.4 Å². The average molecular weight is 271 g/mol. The topological polar surface area (TPSA) is 49.8 Å². The zero-order chi connectivity index (χ0) is 13.8. The molecule has 1 fully saturated rings. The third-order valence-corrected chi connectivity index (χ3v) is 3.21. The fraction of sp³-hybridized carbons (Fsp3) is 0.462. The van der Waals surface area contributed by atoms with E-state index in [-0.39, 0.29) is 5.75 Å². The number of hydrogen-bond donors (Lipinski definition) is 1. The first-order chi connectivity index (χ1) is 9.08. The molecule has 1 atom stereocenters. The summed E-state index contributed by atoms with van der Waals surface area (Å²) in [6.45, 7) is -1.92. The zero-order valence-electron chi connectivity index (χ0n) is 10.3. The lowest BCUT2D eigenvalue weighted by atomic mass is 10.1. The van der Waals surface area contributed by atoms with Gasteiger partial charge in [0.05, 0.1) is 0 Å². The van der Waals surface area contributed by atoms with E-state index in [0.29, 0.717) is 25.1 Å². The van der Waals surface area contributed by atoms with Crippen molar-refractivity contribution in [1.29, 1.82) is 0 Å². The largest absolute Gasteiger partial charge is 0.480 e. The van der Waals surface area contributed by atoms with Crippen LogP contribution in [0.2, 0.25) is 0 Å². The Morgan fingerprint density at radius 2 is 2.21 bits per heavy atom. The first-order valence-electron chi connectivity index (χ1n) is 6.07. The minimum absolute atomic E-state index is 0.105. The van der Waals surface area contributed by atoms with Crippen molar-refractivity contribution in [1.82, 2.24) is 4.90 Å². The van der Waals surface area contributed by atoms with Crippen LogP contribution < -0.4 is 4.74 Å². The normalized spacial score (nSPS) is 19.8. The molecule has 0 aromatic heterocycles. The number of para-hydroxylation sites is 1. The Bertz CT molecular complexity index is 453. The summed E-state index contributed by atoms with van der Waals surface area (Å²) in [5.41, 5.74) is 0.580. The summed E-state index contributed by atoms with van der Waals surface area (Å²) in [7, 11) is 0. The highest BCUT2D eigenvalue weighted by molar-refractivity contribution is 5.73.